The first kappa shape index (κ1) is 16.9. The fraction of sp³-hybridized carbons (Fsp3) is 0.429. The highest BCUT2D eigenvalue weighted by atomic mass is 35.5. The molecule has 0 fully saturated rings. The molecule has 1 aromatic heterocycles. The molecule has 22 heavy (non-hydrogen) atoms. The molecule has 0 unspecified atom stereocenters. The fourth-order valence-corrected chi connectivity index (χ4v) is 3.41. The first-order chi connectivity index (χ1) is 10.2. The number of sulfone groups is 1. The Morgan fingerprint density at radius 1 is 1.32 bits per heavy atom. The lowest BCUT2D eigenvalue weighted by atomic mass is 10.1. The van der Waals surface area contributed by atoms with E-state index in [9.17, 15) is 13.5 Å². The van der Waals surface area contributed by atoms with Crippen LogP contribution in [0.4, 0.5) is 0 Å². The molecule has 1 heterocycles. The Morgan fingerprint density at radius 2 is 2.00 bits per heavy atom. The van der Waals surface area contributed by atoms with Crippen molar-refractivity contribution in [2.45, 2.75) is 31.6 Å². The number of aromatic nitrogens is 2. The molecule has 0 aliphatic heterocycles. The summed E-state index contributed by atoms with van der Waals surface area (Å²) in [5.74, 6) is -0.229. The summed E-state index contributed by atoms with van der Waals surface area (Å²) in [7, 11) is -3.42. The van der Waals surface area contributed by atoms with Gasteiger partial charge in [-0.1, -0.05) is 28.9 Å². The van der Waals surface area contributed by atoms with Crippen molar-refractivity contribution in [3.05, 3.63) is 35.1 Å². The molecule has 1 aromatic carbocycles. The number of rotatable bonds is 6. The van der Waals surface area contributed by atoms with Gasteiger partial charge in [-0.25, -0.2) is 8.42 Å². The molecule has 0 radical (unpaired) electrons. The molecule has 0 amide bonds. The summed E-state index contributed by atoms with van der Waals surface area (Å²) in [5.41, 5.74) is -0.482. The zero-order valence-electron chi connectivity index (χ0n) is 12.3. The van der Waals surface area contributed by atoms with Crippen LogP contribution in [0.3, 0.4) is 0 Å². The molecule has 1 N–H and O–H groups in total. The Balaban J connectivity index is 2.11. The summed E-state index contributed by atoms with van der Waals surface area (Å²) >= 11 is 6.03. The lowest BCUT2D eigenvalue weighted by molar-refractivity contribution is 0.0772. The quantitative estimate of drug-likeness (QED) is 0.865. The van der Waals surface area contributed by atoms with Crippen LogP contribution in [-0.4, -0.2) is 35.0 Å². The molecule has 2 rings (SSSR count). The van der Waals surface area contributed by atoms with E-state index >= 15 is 0 Å². The van der Waals surface area contributed by atoms with E-state index in [2.05, 4.69) is 10.1 Å². The third-order valence-corrected chi connectivity index (χ3v) is 4.80. The van der Waals surface area contributed by atoms with Crippen LogP contribution in [0.5, 0.6) is 0 Å². The summed E-state index contributed by atoms with van der Waals surface area (Å²) in [6.07, 6.45) is 0.143. The molecular formula is C14H17ClN2O4S. The summed E-state index contributed by atoms with van der Waals surface area (Å²) in [6, 6.07) is 6.93. The monoisotopic (exact) mass is 344 g/mol. The largest absolute Gasteiger partial charge is 0.390 e. The molecule has 0 spiro atoms. The highest BCUT2D eigenvalue weighted by Crippen LogP contribution is 2.26. The Morgan fingerprint density at radius 3 is 2.64 bits per heavy atom. The van der Waals surface area contributed by atoms with Gasteiger partial charge in [0.05, 0.1) is 21.9 Å². The number of hydrogen-bond acceptors (Lipinski definition) is 6. The van der Waals surface area contributed by atoms with Crippen LogP contribution < -0.4 is 0 Å². The molecule has 8 heteroatoms. The maximum atomic E-state index is 12.0. The van der Waals surface area contributed by atoms with E-state index in [4.69, 9.17) is 16.1 Å². The van der Waals surface area contributed by atoms with Gasteiger partial charge in [-0.3, -0.25) is 0 Å². The first-order valence-corrected chi connectivity index (χ1v) is 8.86. The van der Waals surface area contributed by atoms with Crippen LogP contribution in [0.25, 0.3) is 11.5 Å². The molecule has 2 aromatic rings. The van der Waals surface area contributed by atoms with Crippen LogP contribution in [0.1, 0.15) is 26.1 Å². The third-order valence-electron chi connectivity index (χ3n) is 2.95. The van der Waals surface area contributed by atoms with Gasteiger partial charge in [0.2, 0.25) is 0 Å². The first-order valence-electron chi connectivity index (χ1n) is 6.67. The predicted octanol–water partition coefficient (Wildman–Crippen LogP) is 2.47. The zero-order valence-corrected chi connectivity index (χ0v) is 13.9. The highest BCUT2D eigenvalue weighted by molar-refractivity contribution is 7.90. The molecule has 0 saturated heterocycles. The number of halogens is 1. The van der Waals surface area contributed by atoms with Gasteiger partial charge in [0.25, 0.3) is 5.89 Å². The van der Waals surface area contributed by atoms with E-state index in [0.29, 0.717) is 10.6 Å². The van der Waals surface area contributed by atoms with Crippen LogP contribution >= 0.6 is 11.6 Å². The zero-order chi connectivity index (χ0) is 16.4. The van der Waals surface area contributed by atoms with Gasteiger partial charge in [-0.15, -0.1) is 0 Å². The SMILES string of the molecule is CC(C)(O)CCS(=O)(=O)Cc1noc(-c2ccccc2Cl)n1. The van der Waals surface area contributed by atoms with Crippen LogP contribution in [0.15, 0.2) is 28.8 Å². The summed E-state index contributed by atoms with van der Waals surface area (Å²) in [4.78, 5) is 4.07. The number of benzene rings is 1. The Labute approximate surface area is 134 Å². The minimum atomic E-state index is -3.42. The van der Waals surface area contributed by atoms with E-state index in [1.807, 2.05) is 0 Å². The van der Waals surface area contributed by atoms with Crippen molar-refractivity contribution >= 4 is 21.4 Å². The van der Waals surface area contributed by atoms with Gasteiger partial charge >= 0.3 is 0 Å². The maximum Gasteiger partial charge on any atom is 0.259 e. The van der Waals surface area contributed by atoms with Crippen LogP contribution in [0.2, 0.25) is 5.02 Å². The van der Waals surface area contributed by atoms with Gasteiger partial charge in [0.1, 0.15) is 5.75 Å². The minimum absolute atomic E-state index is 0.0747. The maximum absolute atomic E-state index is 12.0. The van der Waals surface area contributed by atoms with Gasteiger partial charge in [0.15, 0.2) is 15.7 Å². The smallest absolute Gasteiger partial charge is 0.259 e. The molecule has 0 saturated carbocycles. The topological polar surface area (TPSA) is 93.3 Å². The summed E-state index contributed by atoms with van der Waals surface area (Å²) in [5, 5.41) is 13.7. The third kappa shape index (κ3) is 4.79. The van der Waals surface area contributed by atoms with Crippen molar-refractivity contribution in [2.75, 3.05) is 5.75 Å². The molecule has 6 nitrogen and oxygen atoms in total. The van der Waals surface area contributed by atoms with Crippen molar-refractivity contribution in [3.63, 3.8) is 0 Å². The number of aliphatic hydroxyl groups is 1. The van der Waals surface area contributed by atoms with Gasteiger partial charge < -0.3 is 9.63 Å². The lowest BCUT2D eigenvalue weighted by Crippen LogP contribution is -2.24. The van der Waals surface area contributed by atoms with E-state index in [0.717, 1.165) is 0 Å². The second kappa shape index (κ2) is 6.36. The molecule has 0 bridgehead atoms. The average Bonchev–Trinajstić information content (AvgIpc) is 2.84. The normalized spacial score (nSPS) is 12.5. The average molecular weight is 345 g/mol. The molecule has 0 atom stereocenters. The Kier molecular flexibility index (Phi) is 4.89. The molecule has 0 aliphatic rings. The van der Waals surface area contributed by atoms with Gasteiger partial charge in [-0.05, 0) is 32.4 Å². The Bertz CT molecular complexity index is 750. The summed E-state index contributed by atoms with van der Waals surface area (Å²) < 4.78 is 29.1. The molecule has 0 aliphatic carbocycles. The van der Waals surface area contributed by atoms with E-state index in [-0.39, 0.29) is 29.6 Å². The van der Waals surface area contributed by atoms with Crippen LogP contribution in [-0.2, 0) is 15.6 Å². The second-order valence-electron chi connectivity index (χ2n) is 5.65. The van der Waals surface area contributed by atoms with E-state index in [1.54, 1.807) is 38.1 Å². The molecular weight excluding hydrogens is 328 g/mol. The van der Waals surface area contributed by atoms with E-state index in [1.165, 1.54) is 0 Å². The van der Waals surface area contributed by atoms with Crippen molar-refractivity contribution in [3.8, 4) is 11.5 Å². The number of hydrogen-bond donors (Lipinski definition) is 1. The van der Waals surface area contributed by atoms with Crippen LogP contribution in [0, 0.1) is 0 Å². The van der Waals surface area contributed by atoms with Gasteiger partial charge in [0, 0.05) is 0 Å². The second-order valence-corrected chi connectivity index (χ2v) is 8.24. The van der Waals surface area contributed by atoms with Crippen molar-refractivity contribution in [2.24, 2.45) is 0 Å². The van der Waals surface area contributed by atoms with Crippen molar-refractivity contribution < 1.29 is 18.0 Å². The molecule has 120 valence electrons. The standard InChI is InChI=1S/C14H17ClN2O4S/c1-14(2,18)7-8-22(19,20)9-12-16-13(21-17-12)10-5-3-4-6-11(10)15/h3-6,18H,7-9H2,1-2H3. The fourth-order valence-electron chi connectivity index (χ4n) is 1.73. The minimum Gasteiger partial charge on any atom is -0.390 e. The van der Waals surface area contributed by atoms with Crippen molar-refractivity contribution in [1.82, 2.24) is 10.1 Å². The Hall–Kier alpha value is -1.44. The highest BCUT2D eigenvalue weighted by Gasteiger charge is 2.22. The lowest BCUT2D eigenvalue weighted by Gasteiger charge is -2.16. The van der Waals surface area contributed by atoms with Gasteiger partial charge in [-0.2, -0.15) is 4.98 Å². The number of nitrogens with zero attached hydrogens (tertiary/aromatic N) is 2. The summed E-state index contributed by atoms with van der Waals surface area (Å²) in [6.45, 7) is 3.12. The van der Waals surface area contributed by atoms with E-state index < -0.39 is 15.4 Å². The van der Waals surface area contributed by atoms with Crippen molar-refractivity contribution in [1.29, 1.82) is 0 Å². The predicted molar refractivity (Wildman–Crippen MR) is 83.1 cm³/mol.